The van der Waals surface area contributed by atoms with Gasteiger partial charge in [0.25, 0.3) is 0 Å². The van der Waals surface area contributed by atoms with Crippen LogP contribution in [0.1, 0.15) is 94.7 Å². The van der Waals surface area contributed by atoms with Crippen molar-refractivity contribution in [3.63, 3.8) is 0 Å². The SMILES string of the molecule is C=CCCOC(=O)N(Cc1ccc(F)cc1)[C@H]1CC(=NOC(C)(C)C)C2=C[C@H](CCCCO)[C@@H](CCCCO)[C@@H]3c4cc(OC(=O)NCc5ccccc5)ccc4O[C@@]1(OCC=C)[C@H]23. The Morgan fingerprint density at radius 1 is 0.969 bits per heavy atom. The molecule has 2 aliphatic carbocycles. The van der Waals surface area contributed by atoms with E-state index < -0.39 is 41.4 Å². The van der Waals surface area contributed by atoms with Crippen molar-refractivity contribution < 1.29 is 48.0 Å². The second kappa shape index (κ2) is 22.4. The highest BCUT2D eigenvalue weighted by atomic mass is 19.1. The second-order valence-electron chi connectivity index (χ2n) is 17.7. The molecule has 6 atom stereocenters. The number of oxime groups is 1. The number of rotatable bonds is 21. The van der Waals surface area contributed by atoms with Gasteiger partial charge in [-0.25, -0.2) is 14.0 Å². The molecule has 0 bridgehead atoms. The van der Waals surface area contributed by atoms with Crippen molar-refractivity contribution in [1.82, 2.24) is 10.2 Å². The molecule has 6 rings (SSSR count). The lowest BCUT2D eigenvalue weighted by Gasteiger charge is -2.60. The van der Waals surface area contributed by atoms with E-state index in [-0.39, 0.29) is 63.7 Å². The summed E-state index contributed by atoms with van der Waals surface area (Å²) in [6, 6.07) is 20.0. The van der Waals surface area contributed by atoms with Crippen LogP contribution in [0.3, 0.4) is 0 Å². The van der Waals surface area contributed by atoms with E-state index in [0.717, 1.165) is 36.0 Å². The first-order valence-corrected chi connectivity index (χ1v) is 22.5. The number of aliphatic hydroxyl groups excluding tert-OH is 2. The molecule has 3 aromatic rings. The van der Waals surface area contributed by atoms with Gasteiger partial charge >= 0.3 is 12.2 Å². The molecule has 3 N–H and O–H groups in total. The first-order valence-electron chi connectivity index (χ1n) is 22.5. The molecule has 2 amide bonds. The van der Waals surface area contributed by atoms with Gasteiger partial charge in [0.2, 0.25) is 5.79 Å². The number of nitrogens with one attached hydrogen (secondary N) is 1. The highest BCUT2D eigenvalue weighted by molar-refractivity contribution is 6.03. The molecular weight excluding hydrogens is 818 g/mol. The molecule has 0 spiro atoms. The zero-order valence-corrected chi connectivity index (χ0v) is 37.4. The number of allylic oxidation sites excluding steroid dienone is 1. The maximum Gasteiger partial charge on any atom is 0.412 e. The molecule has 13 heteroatoms. The number of amides is 2. The molecular formula is C51H64FN3O9. The van der Waals surface area contributed by atoms with Crippen molar-refractivity contribution in [3.8, 4) is 11.5 Å². The third kappa shape index (κ3) is 11.8. The van der Waals surface area contributed by atoms with Crippen molar-refractivity contribution in [2.75, 3.05) is 26.4 Å². The van der Waals surface area contributed by atoms with Crippen LogP contribution in [0.5, 0.6) is 11.5 Å². The minimum Gasteiger partial charge on any atom is -0.459 e. The van der Waals surface area contributed by atoms with Crippen LogP contribution >= 0.6 is 0 Å². The summed E-state index contributed by atoms with van der Waals surface area (Å²) in [5.41, 5.74) is 3.16. The summed E-state index contributed by atoms with van der Waals surface area (Å²) >= 11 is 0. The molecule has 1 fully saturated rings. The van der Waals surface area contributed by atoms with Crippen LogP contribution in [0.2, 0.25) is 0 Å². The molecule has 3 aliphatic rings. The van der Waals surface area contributed by atoms with Crippen molar-refractivity contribution in [1.29, 1.82) is 0 Å². The molecule has 344 valence electrons. The lowest BCUT2D eigenvalue weighted by molar-refractivity contribution is -0.256. The topological polar surface area (TPSA) is 148 Å². The van der Waals surface area contributed by atoms with E-state index in [1.54, 1.807) is 41.3 Å². The second-order valence-corrected chi connectivity index (χ2v) is 17.7. The van der Waals surface area contributed by atoms with Gasteiger partial charge in [-0.05, 0) is 112 Å². The Morgan fingerprint density at radius 3 is 2.39 bits per heavy atom. The largest absolute Gasteiger partial charge is 0.459 e. The van der Waals surface area contributed by atoms with E-state index in [2.05, 4.69) is 24.6 Å². The molecule has 64 heavy (non-hydrogen) atoms. The van der Waals surface area contributed by atoms with E-state index in [9.17, 15) is 24.2 Å². The Morgan fingerprint density at radius 2 is 1.70 bits per heavy atom. The monoisotopic (exact) mass is 881 g/mol. The van der Waals surface area contributed by atoms with E-state index in [1.807, 2.05) is 57.2 Å². The quantitative estimate of drug-likeness (QED) is 0.0540. The van der Waals surface area contributed by atoms with Crippen molar-refractivity contribution in [2.24, 2.45) is 22.9 Å². The predicted molar refractivity (Wildman–Crippen MR) is 243 cm³/mol. The number of hydrogen-bond acceptors (Lipinski definition) is 10. The number of unbranched alkanes of at least 4 members (excludes halogenated alkanes) is 2. The van der Waals surface area contributed by atoms with Gasteiger partial charge in [0.15, 0.2) is 0 Å². The van der Waals surface area contributed by atoms with Gasteiger partial charge in [-0.2, -0.15) is 0 Å². The van der Waals surface area contributed by atoms with Gasteiger partial charge in [-0.1, -0.05) is 78.7 Å². The number of hydrogen-bond donors (Lipinski definition) is 3. The third-order valence-corrected chi connectivity index (χ3v) is 12.0. The first-order chi connectivity index (χ1) is 30.9. The summed E-state index contributed by atoms with van der Waals surface area (Å²) in [5.74, 6) is -2.24. The molecule has 1 saturated carbocycles. The van der Waals surface area contributed by atoms with Crippen LogP contribution in [0, 0.1) is 23.6 Å². The first kappa shape index (κ1) is 48.0. The fourth-order valence-corrected chi connectivity index (χ4v) is 9.22. The van der Waals surface area contributed by atoms with Gasteiger partial charge < -0.3 is 39.3 Å². The Bertz CT molecular complexity index is 2100. The van der Waals surface area contributed by atoms with Crippen LogP contribution in [0.4, 0.5) is 14.0 Å². The smallest absolute Gasteiger partial charge is 0.412 e. The Kier molecular flexibility index (Phi) is 16.8. The average molecular weight is 882 g/mol. The number of carbonyl (C=O) groups is 2. The number of fused-ring (bicyclic) bond motifs is 2. The summed E-state index contributed by atoms with van der Waals surface area (Å²) in [4.78, 5) is 35.7. The number of nitrogens with zero attached hydrogens (tertiary/aromatic N) is 2. The van der Waals surface area contributed by atoms with E-state index >= 15 is 0 Å². The summed E-state index contributed by atoms with van der Waals surface area (Å²) < 4.78 is 40.5. The van der Waals surface area contributed by atoms with E-state index in [1.165, 1.54) is 12.1 Å². The summed E-state index contributed by atoms with van der Waals surface area (Å²) in [6.07, 6.45) is 9.07. The molecule has 1 heterocycles. The lowest BCUT2D eigenvalue weighted by atomic mass is 9.55. The van der Waals surface area contributed by atoms with Crippen LogP contribution < -0.4 is 14.8 Å². The van der Waals surface area contributed by atoms with E-state index in [4.69, 9.17) is 28.9 Å². The standard InChI is InChI=1S/C51H64FN3O9/c1-6-8-29-60-49(59)55(34-36-20-22-38(52)23-21-36)45-32-43(54-64-50(3,4)5)41-30-37(18-12-14-26-56)40(19-13-15-27-57)46-42-31-39(62-48(58)53-33-35-16-10-9-11-17-35)24-25-44(42)63-51(45,47(41)46)61-28-7-2/h6-7,9-11,16-17,20-25,30-31,37,40,45-47,56-57H,1-2,8,12-15,18-19,26-29,32-34H2,3-5H3,(H,53,58)/t37-,40+,45-,46+,47+,51+/m0/s1. The molecule has 0 unspecified atom stereocenters. The van der Waals surface area contributed by atoms with Gasteiger partial charge in [0.05, 0.1) is 24.8 Å². The fourth-order valence-electron chi connectivity index (χ4n) is 9.22. The minimum atomic E-state index is -1.57. The highest BCUT2D eigenvalue weighted by Crippen LogP contribution is 2.62. The maximum absolute atomic E-state index is 14.6. The molecule has 0 radical (unpaired) electrons. The number of ether oxygens (including phenoxy) is 4. The van der Waals surface area contributed by atoms with Gasteiger partial charge in [0, 0.05) is 44.2 Å². The number of benzene rings is 3. The third-order valence-electron chi connectivity index (χ3n) is 12.0. The Labute approximate surface area is 376 Å². The predicted octanol–water partition coefficient (Wildman–Crippen LogP) is 9.76. The number of halogens is 1. The average Bonchev–Trinajstić information content (AvgIpc) is 3.28. The highest BCUT2D eigenvalue weighted by Gasteiger charge is 2.65. The summed E-state index contributed by atoms with van der Waals surface area (Å²) in [6.45, 7) is 14.1. The van der Waals surface area contributed by atoms with E-state index in [0.29, 0.717) is 48.5 Å². The fraction of sp³-hybridized carbons (Fsp3) is 0.471. The molecule has 0 aromatic heterocycles. The summed E-state index contributed by atoms with van der Waals surface area (Å²) in [5, 5.41) is 27.6. The van der Waals surface area contributed by atoms with Crippen molar-refractivity contribution >= 4 is 17.9 Å². The zero-order valence-electron chi connectivity index (χ0n) is 37.4. The number of aliphatic hydroxyl groups is 2. The molecule has 0 saturated heterocycles. The lowest BCUT2D eigenvalue weighted by Crippen LogP contribution is -2.70. The van der Waals surface area contributed by atoms with Crippen molar-refractivity contribution in [3.05, 3.63) is 132 Å². The Hall–Kier alpha value is -5.50. The normalized spacial score (nSPS) is 22.8. The zero-order chi connectivity index (χ0) is 45.7. The van der Waals surface area contributed by atoms with Crippen LogP contribution in [-0.4, -0.2) is 76.9 Å². The molecule has 12 nitrogen and oxygen atoms in total. The maximum atomic E-state index is 14.6. The van der Waals surface area contributed by atoms with Crippen LogP contribution in [-0.2, 0) is 27.4 Å². The van der Waals surface area contributed by atoms with Crippen LogP contribution in [0.25, 0.3) is 0 Å². The van der Waals surface area contributed by atoms with Gasteiger partial charge in [0.1, 0.15) is 29.0 Å². The van der Waals surface area contributed by atoms with Gasteiger partial charge in [-0.3, -0.25) is 4.90 Å². The molecule has 1 aliphatic heterocycles. The minimum absolute atomic E-state index is 0.0149. The Balaban J connectivity index is 1.56. The summed E-state index contributed by atoms with van der Waals surface area (Å²) in [7, 11) is 0. The number of carbonyl (C=O) groups excluding carboxylic acids is 2. The molecule has 3 aromatic carbocycles. The van der Waals surface area contributed by atoms with Crippen LogP contribution in [0.15, 0.2) is 115 Å². The van der Waals surface area contributed by atoms with Crippen molar-refractivity contribution in [2.45, 2.75) is 109 Å². The van der Waals surface area contributed by atoms with Gasteiger partial charge in [-0.15, -0.1) is 13.2 Å².